The Hall–Kier alpha value is -0.890. The maximum absolute atomic E-state index is 4.44. The summed E-state index contributed by atoms with van der Waals surface area (Å²) in [4.78, 5) is 5.15. The summed E-state index contributed by atoms with van der Waals surface area (Å²) in [5.74, 6) is 0. The molecule has 1 aliphatic carbocycles. The van der Waals surface area contributed by atoms with Crippen LogP contribution in [0.5, 0.6) is 0 Å². The molecule has 0 N–H and O–H groups in total. The van der Waals surface area contributed by atoms with Crippen LogP contribution in [0.3, 0.4) is 0 Å². The second kappa shape index (κ2) is 4.65. The fourth-order valence-corrected chi connectivity index (χ4v) is 4.18. The first-order chi connectivity index (χ1) is 8.66. The zero-order valence-corrected chi connectivity index (χ0v) is 12.3. The quantitative estimate of drug-likeness (QED) is 0.731. The van der Waals surface area contributed by atoms with Crippen molar-refractivity contribution in [3.8, 4) is 0 Å². The normalized spacial score (nSPS) is 27.8. The Labute approximate surface area is 117 Å². The number of nitrogens with zero attached hydrogens (tertiary/aromatic N) is 1. The molecule has 0 amide bonds. The van der Waals surface area contributed by atoms with Gasteiger partial charge in [0.2, 0.25) is 0 Å². The van der Waals surface area contributed by atoms with Crippen LogP contribution in [0.2, 0.25) is 0 Å². The molecule has 2 unspecified atom stereocenters. The number of benzene rings is 1. The highest BCUT2D eigenvalue weighted by atomic mass is 79.9. The van der Waals surface area contributed by atoms with Gasteiger partial charge in [-0.3, -0.25) is 4.98 Å². The molecule has 3 rings (SSSR count). The molecule has 1 heterocycles. The molecule has 0 aliphatic heterocycles. The van der Waals surface area contributed by atoms with Crippen molar-refractivity contribution in [1.82, 2.24) is 4.98 Å². The SMILES string of the molecule is CC1(Cc2ccnc3ccccc23)CCC(Br)C1. The number of alkyl halides is 1. The summed E-state index contributed by atoms with van der Waals surface area (Å²) < 4.78 is 0. The molecular weight excluding hydrogens is 286 g/mol. The molecule has 1 aromatic carbocycles. The Morgan fingerprint density at radius 3 is 2.94 bits per heavy atom. The summed E-state index contributed by atoms with van der Waals surface area (Å²) in [6.45, 7) is 2.42. The Bertz CT molecular complexity index is 561. The van der Waals surface area contributed by atoms with Crippen molar-refractivity contribution in [2.75, 3.05) is 0 Å². The van der Waals surface area contributed by atoms with Crippen LogP contribution in [0.15, 0.2) is 36.5 Å². The van der Waals surface area contributed by atoms with E-state index in [0.29, 0.717) is 10.2 Å². The van der Waals surface area contributed by atoms with E-state index < -0.39 is 0 Å². The van der Waals surface area contributed by atoms with E-state index in [1.54, 1.807) is 0 Å². The van der Waals surface area contributed by atoms with E-state index in [1.807, 2.05) is 6.20 Å². The number of hydrogen-bond donors (Lipinski definition) is 0. The van der Waals surface area contributed by atoms with Crippen molar-refractivity contribution in [2.24, 2.45) is 5.41 Å². The fourth-order valence-electron chi connectivity index (χ4n) is 3.17. The average Bonchev–Trinajstić information content (AvgIpc) is 2.70. The Kier molecular flexibility index (Phi) is 3.14. The van der Waals surface area contributed by atoms with Crippen molar-refractivity contribution >= 4 is 26.8 Å². The van der Waals surface area contributed by atoms with Crippen LogP contribution in [0, 0.1) is 5.41 Å². The third-order valence-electron chi connectivity index (χ3n) is 4.13. The van der Waals surface area contributed by atoms with Gasteiger partial charge in [-0.05, 0) is 48.8 Å². The number of halogens is 1. The van der Waals surface area contributed by atoms with Crippen LogP contribution in [-0.2, 0) is 6.42 Å². The Morgan fingerprint density at radius 1 is 1.33 bits per heavy atom. The second-order valence-electron chi connectivity index (χ2n) is 5.81. The molecule has 0 bridgehead atoms. The Morgan fingerprint density at radius 2 is 2.17 bits per heavy atom. The van der Waals surface area contributed by atoms with Gasteiger partial charge in [0.05, 0.1) is 5.52 Å². The molecule has 18 heavy (non-hydrogen) atoms. The van der Waals surface area contributed by atoms with Crippen molar-refractivity contribution < 1.29 is 0 Å². The maximum Gasteiger partial charge on any atom is 0.0704 e. The first-order valence-electron chi connectivity index (χ1n) is 6.63. The van der Waals surface area contributed by atoms with E-state index in [-0.39, 0.29) is 0 Å². The lowest BCUT2D eigenvalue weighted by Gasteiger charge is -2.24. The van der Waals surface area contributed by atoms with Crippen LogP contribution >= 0.6 is 15.9 Å². The molecule has 1 aliphatic rings. The molecule has 1 saturated carbocycles. The molecule has 2 heteroatoms. The third-order valence-corrected chi connectivity index (χ3v) is 4.91. The van der Waals surface area contributed by atoms with Gasteiger partial charge in [-0.15, -0.1) is 0 Å². The average molecular weight is 304 g/mol. The number of rotatable bonds is 2. The molecular formula is C16H18BrN. The van der Waals surface area contributed by atoms with Gasteiger partial charge >= 0.3 is 0 Å². The molecule has 2 aromatic rings. The lowest BCUT2D eigenvalue weighted by molar-refractivity contribution is 0.337. The summed E-state index contributed by atoms with van der Waals surface area (Å²) in [6.07, 6.45) is 7.02. The van der Waals surface area contributed by atoms with Crippen LogP contribution in [-0.4, -0.2) is 9.81 Å². The van der Waals surface area contributed by atoms with Crippen LogP contribution in [0.25, 0.3) is 10.9 Å². The number of hydrogen-bond acceptors (Lipinski definition) is 1. The summed E-state index contributed by atoms with van der Waals surface area (Å²) in [5.41, 5.74) is 3.01. The van der Waals surface area contributed by atoms with E-state index in [4.69, 9.17) is 0 Å². The van der Waals surface area contributed by atoms with E-state index in [2.05, 4.69) is 58.2 Å². The third kappa shape index (κ3) is 2.31. The van der Waals surface area contributed by atoms with E-state index in [9.17, 15) is 0 Å². The summed E-state index contributed by atoms with van der Waals surface area (Å²) in [6, 6.07) is 10.7. The number of aromatic nitrogens is 1. The first-order valence-corrected chi connectivity index (χ1v) is 7.55. The highest BCUT2D eigenvalue weighted by Gasteiger charge is 2.34. The maximum atomic E-state index is 4.44. The minimum absolute atomic E-state index is 0.443. The molecule has 2 atom stereocenters. The summed E-state index contributed by atoms with van der Waals surface area (Å²) in [7, 11) is 0. The van der Waals surface area contributed by atoms with E-state index in [1.165, 1.54) is 30.2 Å². The molecule has 1 aromatic heterocycles. The summed E-state index contributed by atoms with van der Waals surface area (Å²) >= 11 is 3.76. The van der Waals surface area contributed by atoms with Gasteiger partial charge in [0.15, 0.2) is 0 Å². The Balaban J connectivity index is 1.95. The second-order valence-corrected chi connectivity index (χ2v) is 7.11. The van der Waals surface area contributed by atoms with Gasteiger partial charge in [-0.1, -0.05) is 41.1 Å². The van der Waals surface area contributed by atoms with E-state index >= 15 is 0 Å². The minimum Gasteiger partial charge on any atom is -0.256 e. The highest BCUT2D eigenvalue weighted by molar-refractivity contribution is 9.09. The molecule has 94 valence electrons. The van der Waals surface area contributed by atoms with Crippen LogP contribution in [0.1, 0.15) is 31.7 Å². The van der Waals surface area contributed by atoms with Crippen molar-refractivity contribution in [1.29, 1.82) is 0 Å². The zero-order chi connectivity index (χ0) is 12.6. The number of pyridine rings is 1. The van der Waals surface area contributed by atoms with Crippen molar-refractivity contribution in [2.45, 2.75) is 37.4 Å². The standard InChI is InChI=1S/C16H18BrN/c1-16(8-6-13(17)11-16)10-12-7-9-18-15-5-3-2-4-14(12)15/h2-5,7,9,13H,6,8,10-11H2,1H3. The van der Waals surface area contributed by atoms with Gasteiger partial charge < -0.3 is 0 Å². The molecule has 0 radical (unpaired) electrons. The van der Waals surface area contributed by atoms with Crippen LogP contribution < -0.4 is 0 Å². The predicted molar refractivity (Wildman–Crippen MR) is 80.1 cm³/mol. The topological polar surface area (TPSA) is 12.9 Å². The highest BCUT2D eigenvalue weighted by Crippen LogP contribution is 2.44. The largest absolute Gasteiger partial charge is 0.256 e. The zero-order valence-electron chi connectivity index (χ0n) is 10.7. The summed E-state index contributed by atoms with van der Waals surface area (Å²) in [5, 5.41) is 1.32. The molecule has 1 nitrogen and oxygen atoms in total. The van der Waals surface area contributed by atoms with Gasteiger partial charge in [0.1, 0.15) is 0 Å². The molecule has 0 spiro atoms. The van der Waals surface area contributed by atoms with Crippen molar-refractivity contribution in [3.05, 3.63) is 42.1 Å². The van der Waals surface area contributed by atoms with Gasteiger partial charge in [-0.25, -0.2) is 0 Å². The predicted octanol–water partition coefficient (Wildman–Crippen LogP) is 4.73. The van der Waals surface area contributed by atoms with Gasteiger partial charge in [0.25, 0.3) is 0 Å². The van der Waals surface area contributed by atoms with Crippen molar-refractivity contribution in [3.63, 3.8) is 0 Å². The lowest BCUT2D eigenvalue weighted by Crippen LogP contribution is -2.16. The smallest absolute Gasteiger partial charge is 0.0704 e. The van der Waals surface area contributed by atoms with Gasteiger partial charge in [-0.2, -0.15) is 0 Å². The number of fused-ring (bicyclic) bond motifs is 1. The molecule has 0 saturated heterocycles. The minimum atomic E-state index is 0.443. The monoisotopic (exact) mass is 303 g/mol. The van der Waals surface area contributed by atoms with E-state index in [0.717, 1.165) is 11.9 Å². The first kappa shape index (κ1) is 12.2. The fraction of sp³-hybridized carbons (Fsp3) is 0.438. The van der Waals surface area contributed by atoms with Gasteiger partial charge in [0, 0.05) is 16.4 Å². The van der Waals surface area contributed by atoms with Crippen LogP contribution in [0.4, 0.5) is 0 Å². The lowest BCUT2D eigenvalue weighted by atomic mass is 9.81. The number of para-hydroxylation sites is 1. The molecule has 1 fully saturated rings.